The van der Waals surface area contributed by atoms with Gasteiger partial charge in [0.25, 0.3) is 0 Å². The van der Waals surface area contributed by atoms with Crippen LogP contribution in [0.2, 0.25) is 0 Å². The molecule has 0 bridgehead atoms. The Hall–Kier alpha value is -2.78. The highest BCUT2D eigenvalue weighted by atomic mass is 32.2. The molecule has 0 radical (unpaired) electrons. The van der Waals surface area contributed by atoms with Crippen LogP contribution in [0, 0.1) is 6.92 Å². The number of thiazole rings is 1. The monoisotopic (exact) mass is 400 g/mol. The van der Waals surface area contributed by atoms with Gasteiger partial charge in [-0.2, -0.15) is 0 Å². The third kappa shape index (κ3) is 4.15. The molecule has 0 saturated heterocycles. The lowest BCUT2D eigenvalue weighted by Crippen LogP contribution is -2.11. The average Bonchev–Trinajstić information content (AvgIpc) is 3.42. The molecule has 0 aromatic carbocycles. The van der Waals surface area contributed by atoms with Crippen molar-refractivity contribution in [3.8, 4) is 22.9 Å². The molecule has 0 atom stereocenters. The highest BCUT2D eigenvalue weighted by Crippen LogP contribution is 2.33. The van der Waals surface area contributed by atoms with E-state index in [1.54, 1.807) is 12.5 Å². The second-order valence-electron chi connectivity index (χ2n) is 5.66. The van der Waals surface area contributed by atoms with Gasteiger partial charge in [0.05, 0.1) is 18.2 Å². The number of aryl methyl sites for hydroxylation is 1. The number of hydrogen-bond acceptors (Lipinski definition) is 7. The van der Waals surface area contributed by atoms with Crippen LogP contribution >= 0.6 is 23.1 Å². The summed E-state index contributed by atoms with van der Waals surface area (Å²) in [7, 11) is 0. The van der Waals surface area contributed by atoms with E-state index < -0.39 is 0 Å². The van der Waals surface area contributed by atoms with Crippen molar-refractivity contribution in [2.24, 2.45) is 0 Å². The summed E-state index contributed by atoms with van der Waals surface area (Å²) in [4.78, 5) is 24.1. The van der Waals surface area contributed by atoms with Gasteiger partial charge in [-0.15, -0.1) is 11.3 Å². The summed E-state index contributed by atoms with van der Waals surface area (Å²) in [5.41, 5.74) is 2.33. The summed E-state index contributed by atoms with van der Waals surface area (Å²) in [5.74, 6) is 1.85. The zero-order chi connectivity index (χ0) is 18.6. The van der Waals surface area contributed by atoms with E-state index >= 15 is 0 Å². The van der Waals surface area contributed by atoms with Crippen molar-refractivity contribution in [2.75, 3.05) is 11.1 Å². The lowest BCUT2D eigenvalue weighted by molar-refractivity contribution is -0.115. The number of rotatable bonds is 7. The second kappa shape index (κ2) is 7.85. The molecule has 9 heteroatoms. The minimum absolute atomic E-state index is 0.0686. The van der Waals surface area contributed by atoms with Gasteiger partial charge in [-0.25, -0.2) is 9.97 Å². The molecule has 4 aromatic rings. The Kier molecular flexibility index (Phi) is 5.12. The highest BCUT2D eigenvalue weighted by Gasteiger charge is 2.18. The van der Waals surface area contributed by atoms with Crippen molar-refractivity contribution in [3.63, 3.8) is 0 Å². The summed E-state index contributed by atoms with van der Waals surface area (Å²) in [6.45, 7) is 1.89. The van der Waals surface area contributed by atoms with Gasteiger partial charge < -0.3 is 19.1 Å². The van der Waals surface area contributed by atoms with E-state index in [-0.39, 0.29) is 5.91 Å². The summed E-state index contributed by atoms with van der Waals surface area (Å²) in [6.07, 6.45) is 3.57. The summed E-state index contributed by atoms with van der Waals surface area (Å²) in [5, 5.41) is 6.03. The Morgan fingerprint density at radius 3 is 2.67 bits per heavy atom. The van der Waals surface area contributed by atoms with E-state index in [1.165, 1.54) is 23.1 Å². The molecule has 4 rings (SSSR count). The molecule has 0 spiro atoms. The number of carbonyl (C=O) groups excluding carboxylic acids is 1. The maximum absolute atomic E-state index is 12.0. The molecule has 4 aromatic heterocycles. The first-order valence-corrected chi connectivity index (χ1v) is 10.1. The van der Waals surface area contributed by atoms with E-state index in [2.05, 4.69) is 20.3 Å². The van der Waals surface area contributed by atoms with Gasteiger partial charge >= 0.3 is 0 Å². The lowest BCUT2D eigenvalue weighted by Gasteiger charge is -2.00. The second-order valence-corrected chi connectivity index (χ2v) is 7.60. The predicted octanol–water partition coefficient (Wildman–Crippen LogP) is 4.82. The fourth-order valence-electron chi connectivity index (χ4n) is 2.44. The number of H-pyrrole nitrogens is 1. The topological polar surface area (TPSA) is 97.0 Å². The molecule has 0 unspecified atom stereocenters. The van der Waals surface area contributed by atoms with Gasteiger partial charge in [-0.1, -0.05) is 11.8 Å². The molecule has 0 fully saturated rings. The standard InChI is InChI=1S/C18H16N4O3S2/c1-11-10-27-17(19-11)20-14(23)6-9-26-18-21-15(12-4-2-7-24-12)16(22-18)13-5-3-8-25-13/h2-5,7-8,10H,6,9H2,1H3,(H,21,22)(H,19,20,23). The molecule has 2 N–H and O–H groups in total. The van der Waals surface area contributed by atoms with Crippen LogP contribution in [0.25, 0.3) is 22.9 Å². The van der Waals surface area contributed by atoms with E-state index in [9.17, 15) is 4.79 Å². The van der Waals surface area contributed by atoms with E-state index in [1.807, 2.05) is 36.6 Å². The van der Waals surface area contributed by atoms with Crippen LogP contribution in [-0.2, 0) is 4.79 Å². The van der Waals surface area contributed by atoms with E-state index in [4.69, 9.17) is 8.83 Å². The van der Waals surface area contributed by atoms with Crippen LogP contribution in [0.1, 0.15) is 12.1 Å². The van der Waals surface area contributed by atoms with Gasteiger partial charge in [-0.3, -0.25) is 4.79 Å². The summed E-state index contributed by atoms with van der Waals surface area (Å²) >= 11 is 2.89. The number of nitrogens with one attached hydrogen (secondary N) is 2. The minimum atomic E-state index is -0.0686. The van der Waals surface area contributed by atoms with Crippen molar-refractivity contribution in [1.82, 2.24) is 15.0 Å². The third-order valence-electron chi connectivity index (χ3n) is 3.64. The lowest BCUT2D eigenvalue weighted by atomic mass is 10.2. The maximum Gasteiger partial charge on any atom is 0.226 e. The normalized spacial score (nSPS) is 11.0. The Bertz CT molecular complexity index is 968. The first-order chi connectivity index (χ1) is 13.2. The molecule has 1 amide bonds. The molecule has 0 aliphatic heterocycles. The van der Waals surface area contributed by atoms with E-state index in [0.29, 0.717) is 39.7 Å². The largest absolute Gasteiger partial charge is 0.463 e. The van der Waals surface area contributed by atoms with Crippen molar-refractivity contribution in [2.45, 2.75) is 18.5 Å². The quantitative estimate of drug-likeness (QED) is 0.432. The number of thioether (sulfide) groups is 1. The number of aromatic amines is 1. The third-order valence-corrected chi connectivity index (χ3v) is 5.39. The molecular weight excluding hydrogens is 384 g/mol. The zero-order valence-corrected chi connectivity index (χ0v) is 16.0. The number of imidazole rings is 1. The molecule has 138 valence electrons. The van der Waals surface area contributed by atoms with Crippen LogP contribution in [0.4, 0.5) is 5.13 Å². The van der Waals surface area contributed by atoms with Crippen molar-refractivity contribution < 1.29 is 13.6 Å². The smallest absolute Gasteiger partial charge is 0.226 e. The molecule has 0 saturated carbocycles. The summed E-state index contributed by atoms with van der Waals surface area (Å²) in [6, 6.07) is 7.34. The molecule has 27 heavy (non-hydrogen) atoms. The number of carbonyl (C=O) groups is 1. The van der Waals surface area contributed by atoms with E-state index in [0.717, 1.165) is 11.4 Å². The maximum atomic E-state index is 12.0. The number of furan rings is 2. The van der Waals surface area contributed by atoms with Crippen molar-refractivity contribution >= 4 is 34.1 Å². The van der Waals surface area contributed by atoms with Crippen LogP contribution in [0.15, 0.2) is 56.2 Å². The number of aromatic nitrogens is 3. The van der Waals surface area contributed by atoms with Crippen LogP contribution in [0.5, 0.6) is 0 Å². The zero-order valence-electron chi connectivity index (χ0n) is 14.4. The average molecular weight is 400 g/mol. The molecule has 0 aliphatic carbocycles. The van der Waals surface area contributed by atoms with Crippen molar-refractivity contribution in [3.05, 3.63) is 47.9 Å². The number of anilines is 1. The Labute approximate surface area is 163 Å². The number of amides is 1. The Morgan fingerprint density at radius 1 is 1.22 bits per heavy atom. The van der Waals surface area contributed by atoms with Gasteiger partial charge in [0.1, 0.15) is 11.4 Å². The molecule has 4 heterocycles. The predicted molar refractivity (Wildman–Crippen MR) is 105 cm³/mol. The number of nitrogens with zero attached hydrogens (tertiary/aromatic N) is 2. The van der Waals surface area contributed by atoms with Gasteiger partial charge in [-0.05, 0) is 31.2 Å². The minimum Gasteiger partial charge on any atom is -0.463 e. The SMILES string of the molecule is Cc1csc(NC(=O)CCSc2nc(-c3ccco3)c(-c3ccco3)[nH]2)n1. The fourth-order valence-corrected chi connectivity index (χ4v) is 3.96. The summed E-state index contributed by atoms with van der Waals surface area (Å²) < 4.78 is 11.0. The highest BCUT2D eigenvalue weighted by molar-refractivity contribution is 7.99. The number of hydrogen-bond donors (Lipinski definition) is 2. The van der Waals surface area contributed by atoms with Gasteiger partial charge in [0, 0.05) is 17.6 Å². The van der Waals surface area contributed by atoms with Crippen LogP contribution in [0.3, 0.4) is 0 Å². The Morgan fingerprint density at radius 2 is 2.00 bits per heavy atom. The molecular formula is C18H16N4O3S2. The molecule has 7 nitrogen and oxygen atoms in total. The van der Waals surface area contributed by atoms with Crippen molar-refractivity contribution in [1.29, 1.82) is 0 Å². The molecule has 0 aliphatic rings. The van der Waals surface area contributed by atoms with Gasteiger partial charge in [0.2, 0.25) is 5.91 Å². The van der Waals surface area contributed by atoms with Crippen LogP contribution in [-0.4, -0.2) is 26.6 Å². The van der Waals surface area contributed by atoms with Crippen LogP contribution < -0.4 is 5.32 Å². The first-order valence-electron chi connectivity index (χ1n) is 8.21. The fraction of sp³-hybridized carbons (Fsp3) is 0.167. The first kappa shape index (κ1) is 17.6. The van der Waals surface area contributed by atoms with Gasteiger partial charge in [0.15, 0.2) is 21.8 Å². The Balaban J connectivity index is 1.42.